The van der Waals surface area contributed by atoms with Crippen molar-refractivity contribution < 1.29 is 4.74 Å². The Kier molecular flexibility index (Phi) is 9.26. The van der Waals surface area contributed by atoms with Crippen molar-refractivity contribution in [2.45, 2.75) is 31.6 Å². The minimum absolute atomic E-state index is 0. The fourth-order valence-corrected chi connectivity index (χ4v) is 3.85. The molecule has 0 saturated heterocycles. The molecule has 0 saturated carbocycles. The summed E-state index contributed by atoms with van der Waals surface area (Å²) in [4.78, 5) is 4.53. The number of nitrogens with zero attached hydrogens (tertiary/aromatic N) is 1. The lowest BCUT2D eigenvalue weighted by molar-refractivity contribution is 0.361. The monoisotopic (exact) mass is 382 g/mol. The van der Waals surface area contributed by atoms with E-state index >= 15 is 0 Å². The predicted octanol–water partition coefficient (Wildman–Crippen LogP) is 4.43. The number of hydrogen-bond donors (Lipinski definition) is 1. The lowest BCUT2D eigenvalue weighted by Gasteiger charge is -2.32. The maximum absolute atomic E-state index is 5.40. The number of ether oxygens (including phenoxy) is 1. The van der Waals surface area contributed by atoms with Gasteiger partial charge in [0.2, 0.25) is 0 Å². The van der Waals surface area contributed by atoms with E-state index in [1.54, 1.807) is 7.11 Å². The Balaban J connectivity index is 0.00000156. The van der Waals surface area contributed by atoms with Crippen molar-refractivity contribution in [1.82, 2.24) is 10.3 Å². The molecule has 0 bridgehead atoms. The van der Waals surface area contributed by atoms with Gasteiger partial charge in [0.05, 0.1) is 7.11 Å². The van der Waals surface area contributed by atoms with Crippen molar-refractivity contribution in [3.8, 4) is 5.75 Å². The summed E-state index contributed by atoms with van der Waals surface area (Å²) in [5.74, 6) is 2.14. The molecule has 1 N–H and O–H groups in total. The third-order valence-electron chi connectivity index (χ3n) is 4.94. The van der Waals surface area contributed by atoms with Gasteiger partial charge in [0.1, 0.15) is 5.75 Å². The van der Waals surface area contributed by atoms with E-state index in [4.69, 9.17) is 4.74 Å². The van der Waals surface area contributed by atoms with Gasteiger partial charge in [-0.05, 0) is 86.5 Å². The molecule has 1 aliphatic rings. The number of nitrogens with one attached hydrogen (secondary N) is 1. The molecule has 2 atom stereocenters. The van der Waals surface area contributed by atoms with Gasteiger partial charge < -0.3 is 10.1 Å². The van der Waals surface area contributed by atoms with Gasteiger partial charge in [-0.3, -0.25) is 4.98 Å². The van der Waals surface area contributed by atoms with Crippen LogP contribution in [0.3, 0.4) is 0 Å². The molecular formula is C20H28Cl2N2O. The molecule has 2 unspecified atom stereocenters. The third kappa shape index (κ3) is 5.34. The van der Waals surface area contributed by atoms with Crippen LogP contribution in [0, 0.1) is 5.92 Å². The molecule has 5 heteroatoms. The highest BCUT2D eigenvalue weighted by Crippen LogP contribution is 2.39. The van der Waals surface area contributed by atoms with Gasteiger partial charge in [0.25, 0.3) is 0 Å². The van der Waals surface area contributed by atoms with Crippen LogP contribution in [0.4, 0.5) is 0 Å². The Morgan fingerprint density at radius 2 is 2.08 bits per heavy atom. The number of aromatic nitrogens is 1. The van der Waals surface area contributed by atoms with Gasteiger partial charge >= 0.3 is 0 Å². The first kappa shape index (κ1) is 21.8. The molecule has 0 aliphatic heterocycles. The number of rotatable bonds is 6. The van der Waals surface area contributed by atoms with E-state index < -0.39 is 0 Å². The highest BCUT2D eigenvalue weighted by atomic mass is 35.5. The lowest BCUT2D eigenvalue weighted by atomic mass is 9.74. The average Bonchev–Trinajstić information content (AvgIpc) is 2.61. The van der Waals surface area contributed by atoms with Crippen molar-refractivity contribution in [3.63, 3.8) is 0 Å². The van der Waals surface area contributed by atoms with Crippen molar-refractivity contribution >= 4 is 24.8 Å². The maximum atomic E-state index is 5.40. The smallest absolute Gasteiger partial charge is 0.119 e. The van der Waals surface area contributed by atoms with Crippen molar-refractivity contribution in [3.05, 3.63) is 59.4 Å². The number of methoxy groups -OCH3 is 1. The molecule has 138 valence electrons. The molecule has 1 aliphatic carbocycles. The Morgan fingerprint density at radius 3 is 2.76 bits per heavy atom. The summed E-state index contributed by atoms with van der Waals surface area (Å²) in [7, 11) is 3.79. The van der Waals surface area contributed by atoms with Gasteiger partial charge in [-0.15, -0.1) is 24.8 Å². The van der Waals surface area contributed by atoms with Crippen LogP contribution in [0.2, 0.25) is 0 Å². The Bertz CT molecular complexity index is 637. The summed E-state index contributed by atoms with van der Waals surface area (Å²) < 4.78 is 5.40. The predicted molar refractivity (Wildman–Crippen MR) is 109 cm³/mol. The normalized spacial score (nSPS) is 16.8. The van der Waals surface area contributed by atoms with E-state index in [2.05, 4.69) is 40.6 Å². The molecule has 3 rings (SSSR count). The zero-order valence-corrected chi connectivity index (χ0v) is 16.5. The molecule has 1 aromatic carbocycles. The molecule has 0 fully saturated rings. The summed E-state index contributed by atoms with van der Waals surface area (Å²) in [5, 5.41) is 3.39. The second-order valence-electron chi connectivity index (χ2n) is 6.41. The van der Waals surface area contributed by atoms with Crippen LogP contribution in [0.15, 0.2) is 42.6 Å². The standard InChI is InChI=1S/C20H26N2O.2ClH/c1-21-14-16(12-17-7-3-4-11-22-17)19-8-5-6-15-13-18(23-2)9-10-20(15)19;;/h3-4,7,9-11,13,16,19,21H,5-6,8,12,14H2,1-2H3;2*1H. The number of halogens is 2. The van der Waals surface area contributed by atoms with E-state index in [0.717, 1.165) is 18.7 Å². The molecule has 1 aromatic heterocycles. The molecule has 25 heavy (non-hydrogen) atoms. The van der Waals surface area contributed by atoms with Crippen LogP contribution < -0.4 is 10.1 Å². The Morgan fingerprint density at radius 1 is 1.24 bits per heavy atom. The zero-order chi connectivity index (χ0) is 16.1. The Labute approximate surface area is 163 Å². The molecule has 2 aromatic rings. The van der Waals surface area contributed by atoms with Crippen molar-refractivity contribution in [2.24, 2.45) is 5.92 Å². The van der Waals surface area contributed by atoms with Gasteiger partial charge in [-0.1, -0.05) is 12.1 Å². The summed E-state index contributed by atoms with van der Waals surface area (Å²) in [5.41, 5.74) is 4.16. The first-order valence-electron chi connectivity index (χ1n) is 8.53. The molecule has 0 amide bonds. The second kappa shape index (κ2) is 10.6. The number of aryl methyl sites for hydroxylation is 1. The first-order valence-corrected chi connectivity index (χ1v) is 8.53. The molecule has 0 spiro atoms. The minimum Gasteiger partial charge on any atom is -0.497 e. The van der Waals surface area contributed by atoms with Crippen molar-refractivity contribution in [2.75, 3.05) is 20.7 Å². The number of hydrogen-bond acceptors (Lipinski definition) is 3. The van der Waals surface area contributed by atoms with E-state index in [1.165, 1.54) is 36.1 Å². The van der Waals surface area contributed by atoms with E-state index in [1.807, 2.05) is 19.3 Å². The quantitative estimate of drug-likeness (QED) is 0.801. The van der Waals surface area contributed by atoms with Crippen molar-refractivity contribution in [1.29, 1.82) is 0 Å². The van der Waals surface area contributed by atoms with Gasteiger partial charge in [-0.2, -0.15) is 0 Å². The topological polar surface area (TPSA) is 34.2 Å². The molecule has 0 radical (unpaired) electrons. The molecule has 3 nitrogen and oxygen atoms in total. The summed E-state index contributed by atoms with van der Waals surface area (Å²) >= 11 is 0. The summed E-state index contributed by atoms with van der Waals surface area (Å²) in [6, 6.07) is 12.8. The largest absolute Gasteiger partial charge is 0.497 e. The minimum atomic E-state index is 0. The van der Waals surface area contributed by atoms with E-state index in [0.29, 0.717) is 11.8 Å². The van der Waals surface area contributed by atoms with E-state index in [-0.39, 0.29) is 24.8 Å². The SMILES string of the molecule is CNCC(Cc1ccccn1)C1CCCc2cc(OC)ccc21.Cl.Cl. The summed E-state index contributed by atoms with van der Waals surface area (Å²) in [6.07, 6.45) is 6.61. The van der Waals surface area contributed by atoms with Gasteiger partial charge in [-0.25, -0.2) is 0 Å². The second-order valence-corrected chi connectivity index (χ2v) is 6.41. The van der Waals surface area contributed by atoms with Crippen LogP contribution in [-0.4, -0.2) is 25.7 Å². The lowest BCUT2D eigenvalue weighted by Crippen LogP contribution is -2.29. The molecule has 1 heterocycles. The number of benzene rings is 1. The van der Waals surface area contributed by atoms with Crippen LogP contribution in [0.5, 0.6) is 5.75 Å². The van der Waals surface area contributed by atoms with Crippen LogP contribution in [-0.2, 0) is 12.8 Å². The van der Waals surface area contributed by atoms with Gasteiger partial charge in [0.15, 0.2) is 0 Å². The first-order chi connectivity index (χ1) is 11.3. The fraction of sp³-hybridized carbons (Fsp3) is 0.450. The van der Waals surface area contributed by atoms with E-state index in [9.17, 15) is 0 Å². The molecular weight excluding hydrogens is 355 g/mol. The zero-order valence-electron chi connectivity index (χ0n) is 14.9. The van der Waals surface area contributed by atoms with Gasteiger partial charge in [0, 0.05) is 11.9 Å². The average molecular weight is 383 g/mol. The highest BCUT2D eigenvalue weighted by Gasteiger charge is 2.28. The number of pyridine rings is 1. The third-order valence-corrected chi connectivity index (χ3v) is 4.94. The van der Waals surface area contributed by atoms with Crippen LogP contribution >= 0.6 is 24.8 Å². The van der Waals surface area contributed by atoms with Crippen LogP contribution in [0.25, 0.3) is 0 Å². The Hall–Kier alpha value is -1.29. The number of fused-ring (bicyclic) bond motifs is 1. The highest BCUT2D eigenvalue weighted by molar-refractivity contribution is 5.85. The maximum Gasteiger partial charge on any atom is 0.119 e. The van der Waals surface area contributed by atoms with Crippen LogP contribution in [0.1, 0.15) is 35.6 Å². The fourth-order valence-electron chi connectivity index (χ4n) is 3.85. The summed E-state index contributed by atoms with van der Waals surface area (Å²) in [6.45, 7) is 1.02.